The Balaban J connectivity index is 1.80. The SMILES string of the molecule is [2H]c1c([2H])c(F)c(F)c(CSc2c([2H])c(=O)c3c([2H])c([2H])c([2H])c([2H])c3n2C([2H])([2H])C(=O)N(Cc2c([2H])c([2H])c(-c3c([2H])c([2H])c(C(F)(F)F)c(C)c3[2H])c([2H])c2[2H])C2([2H])C([2H])([2H])C([2H])([2H])N(C([2H])([2H])COC([2H])([2H])[2H])C([2H])([2H])C2([2H])[2H])c1[2H]. The standard InChI is InChI=1S/C41H40F5N3O3S/c1-27-22-30(14-15-34(27)41(44,45)46)29-12-10-28(11-13-29)24-48(32-16-18-47(19-17-32)20-21-52-2)38(51)25-49-36-9-4-3-7-33(36)37(50)23-39(49)53-26-31-6-5-8-35(42)40(31)43/h3-15,22-23,32H,16-21,24-26H2,1-2H3/i2D3,3D,4D,5D,6D,7D,8D,9D,10D,11D,12D,13D,14D,15D,16D2,17D2,18D2,19D2,20D2,22D,23D,25D2,32D. The first-order chi connectivity index (χ1) is 37.7. The number of thioether (sulfide) groups is 1. The van der Waals surface area contributed by atoms with Crippen molar-refractivity contribution in [3.05, 3.63) is 135 Å². The van der Waals surface area contributed by atoms with Crippen LogP contribution in [0, 0.1) is 18.6 Å². The number of hydrogen-bond acceptors (Lipinski definition) is 5. The van der Waals surface area contributed by atoms with E-state index in [1.807, 2.05) is 0 Å². The van der Waals surface area contributed by atoms with Crippen LogP contribution in [0.15, 0.2) is 100 Å². The quantitative estimate of drug-likeness (QED) is 0.0938. The van der Waals surface area contributed by atoms with E-state index in [1.54, 1.807) is 0 Å². The minimum Gasteiger partial charge on any atom is -0.383 e. The molecule has 4 aromatic carbocycles. The second-order valence-corrected chi connectivity index (χ2v) is 11.3. The molecule has 6 nitrogen and oxygen atoms in total. The lowest BCUT2D eigenvalue weighted by Crippen LogP contribution is -2.48. The largest absolute Gasteiger partial charge is 0.416 e. The van der Waals surface area contributed by atoms with E-state index in [9.17, 15) is 32.0 Å². The average Bonchev–Trinajstić information content (AvgIpc) is 0.820. The van der Waals surface area contributed by atoms with Crippen LogP contribution in [0.2, 0.25) is 0 Å². The molecular weight excluding hydrogens is 710 g/mol. The molecule has 1 saturated heterocycles. The van der Waals surface area contributed by atoms with E-state index in [1.165, 1.54) is 0 Å². The van der Waals surface area contributed by atoms with E-state index < -0.39 is 250 Å². The Morgan fingerprint density at radius 1 is 1.04 bits per heavy atom. The summed E-state index contributed by atoms with van der Waals surface area (Å²) in [7, 11) is -3.59. The predicted octanol–water partition coefficient (Wildman–Crippen LogP) is 8.71. The average molecular weight is 781 g/mol. The van der Waals surface area contributed by atoms with Gasteiger partial charge in [0.2, 0.25) is 5.91 Å². The van der Waals surface area contributed by atoms with Gasteiger partial charge in [0.15, 0.2) is 17.1 Å². The summed E-state index contributed by atoms with van der Waals surface area (Å²) in [6.07, 6.45) is -15.2. The highest BCUT2D eigenvalue weighted by Crippen LogP contribution is 2.34. The molecule has 0 spiro atoms. The summed E-state index contributed by atoms with van der Waals surface area (Å²) in [4.78, 5) is 28.3. The number of carbonyl (C=O) groups is 1. The molecule has 2 heterocycles. The maximum absolute atomic E-state index is 15.9. The van der Waals surface area contributed by atoms with Gasteiger partial charge < -0.3 is 19.1 Å². The molecule has 0 radical (unpaired) electrons. The van der Waals surface area contributed by atoms with Gasteiger partial charge in [-0.2, -0.15) is 13.2 Å². The first-order valence-electron chi connectivity index (χ1n) is 30.0. The number of fused-ring (bicyclic) bond motifs is 1. The number of rotatable bonds is 12. The first kappa shape index (κ1) is 15.3. The third-order valence-corrected chi connectivity index (χ3v) is 7.85. The van der Waals surface area contributed by atoms with Gasteiger partial charge in [-0.1, -0.05) is 60.4 Å². The minimum absolute atomic E-state index is 0.241. The molecule has 6 rings (SSSR count). The third kappa shape index (κ3) is 9.00. The van der Waals surface area contributed by atoms with Crippen molar-refractivity contribution < 1.29 is 74.0 Å². The highest BCUT2D eigenvalue weighted by Gasteiger charge is 2.32. The third-order valence-electron chi connectivity index (χ3n) is 6.85. The van der Waals surface area contributed by atoms with Gasteiger partial charge in [-0.3, -0.25) is 9.59 Å². The normalized spacial score (nSPS) is 27.8. The number of alkyl halides is 3. The van der Waals surface area contributed by atoms with Gasteiger partial charge in [-0.05, 0) is 66.1 Å². The van der Waals surface area contributed by atoms with Crippen LogP contribution >= 0.6 is 11.8 Å². The van der Waals surface area contributed by atoms with Gasteiger partial charge in [-0.15, -0.1) is 11.8 Å². The number of aromatic nitrogens is 1. The van der Waals surface area contributed by atoms with Gasteiger partial charge >= 0.3 is 6.18 Å². The van der Waals surface area contributed by atoms with Crippen molar-refractivity contribution in [2.75, 3.05) is 33.1 Å². The van der Waals surface area contributed by atoms with Crippen LogP contribution in [0.4, 0.5) is 22.0 Å². The zero-order chi connectivity index (χ0) is 64.9. The Bertz CT molecular complexity index is 3570. The molecule has 0 unspecified atom stereocenters. The van der Waals surface area contributed by atoms with Crippen LogP contribution in [0.1, 0.15) is 77.5 Å². The molecule has 1 aliphatic heterocycles. The Morgan fingerprint density at radius 2 is 1.77 bits per heavy atom. The molecule has 278 valence electrons. The zero-order valence-electron chi connectivity index (χ0n) is 57.5. The molecule has 1 fully saturated rings. The molecule has 1 aliphatic rings. The molecule has 5 aromatic rings. The fourth-order valence-corrected chi connectivity index (χ4v) is 5.32. The Kier molecular flexibility index (Phi) is 4.81. The highest BCUT2D eigenvalue weighted by molar-refractivity contribution is 7.98. The zero-order valence-corrected chi connectivity index (χ0v) is 27.3. The minimum atomic E-state index is -5.39. The molecule has 0 N–H and O–H groups in total. The molecule has 12 heteroatoms. The van der Waals surface area contributed by atoms with Crippen molar-refractivity contribution in [1.82, 2.24) is 14.4 Å². The lowest BCUT2D eigenvalue weighted by atomic mass is 9.98. The van der Waals surface area contributed by atoms with Gasteiger partial charge in [0.25, 0.3) is 0 Å². The van der Waals surface area contributed by atoms with Crippen LogP contribution in [0.25, 0.3) is 22.0 Å². The molecule has 1 aromatic heterocycles. The molecule has 0 saturated carbocycles. The number of benzene rings is 4. The van der Waals surface area contributed by atoms with E-state index in [4.69, 9.17) is 32.9 Å². The number of ether oxygens (including phenoxy) is 1. The number of likely N-dealkylation sites (tertiary alicyclic amines) is 1. The van der Waals surface area contributed by atoms with Crippen molar-refractivity contribution in [2.24, 2.45) is 0 Å². The highest BCUT2D eigenvalue weighted by atomic mass is 32.2. The fraction of sp³-hybridized carbons (Fsp3) is 0.317. The van der Waals surface area contributed by atoms with Crippen LogP contribution in [0.3, 0.4) is 0 Å². The second-order valence-electron chi connectivity index (χ2n) is 10.3. The molecule has 0 aliphatic carbocycles. The summed E-state index contributed by atoms with van der Waals surface area (Å²) in [6, 6.07) is -26.9. The molecule has 1 amide bonds. The summed E-state index contributed by atoms with van der Waals surface area (Å²) >= 11 is -0.241. The first-order valence-corrected chi connectivity index (χ1v) is 15.5. The summed E-state index contributed by atoms with van der Waals surface area (Å²) in [6.45, 7) is -21.7. The fourth-order valence-electron chi connectivity index (χ4n) is 4.41. The number of piperidine rings is 1. The van der Waals surface area contributed by atoms with E-state index in [-0.39, 0.29) is 16.3 Å². The van der Waals surface area contributed by atoms with Gasteiger partial charge in [0.1, 0.15) is 6.50 Å². The number of hydrogen-bond donors (Lipinski definition) is 0. The smallest absolute Gasteiger partial charge is 0.383 e. The lowest BCUT2D eigenvalue weighted by molar-refractivity contribution is -0.138. The predicted molar refractivity (Wildman–Crippen MR) is 198 cm³/mol. The second kappa shape index (κ2) is 16.7. The number of pyridine rings is 1. The van der Waals surface area contributed by atoms with Crippen molar-refractivity contribution in [1.29, 1.82) is 0 Å². The monoisotopic (exact) mass is 780 g/mol. The summed E-state index contributed by atoms with van der Waals surface area (Å²) in [5, 5.41) is -2.82. The summed E-state index contributed by atoms with van der Waals surface area (Å²) in [5.41, 5.74) is -11.3. The molecule has 0 atom stereocenters. The van der Waals surface area contributed by atoms with Gasteiger partial charge in [0.05, 0.1) is 51.5 Å². The maximum Gasteiger partial charge on any atom is 0.416 e. The number of nitrogens with zero attached hydrogens (tertiary/aromatic N) is 3. The van der Waals surface area contributed by atoms with Crippen LogP contribution in [-0.2, 0) is 34.5 Å². The topological polar surface area (TPSA) is 54.8 Å². The number of amides is 1. The molecule has 53 heavy (non-hydrogen) atoms. The van der Waals surface area contributed by atoms with Crippen molar-refractivity contribution in [3.8, 4) is 11.1 Å². The number of para-hydroxylation sites is 1. The maximum atomic E-state index is 15.9. The molecule has 0 bridgehead atoms. The van der Waals surface area contributed by atoms with Crippen LogP contribution in [-0.4, -0.2) is 59.4 Å². The lowest BCUT2D eigenvalue weighted by Gasteiger charge is -2.39. The van der Waals surface area contributed by atoms with Crippen LogP contribution < -0.4 is 5.43 Å². The number of methoxy groups -OCH3 is 1. The Labute approximate surface area is 352 Å². The van der Waals surface area contributed by atoms with E-state index in [0.29, 0.717) is 6.92 Å². The summed E-state index contributed by atoms with van der Waals surface area (Å²) < 4.78 is 347. The summed E-state index contributed by atoms with van der Waals surface area (Å²) in [5.74, 6) is -8.25. The Morgan fingerprint density at radius 3 is 2.51 bits per heavy atom. The molecular formula is C41H40F5N3O3S. The van der Waals surface area contributed by atoms with Gasteiger partial charge in [0, 0.05) is 75.5 Å². The Hall–Kier alpha value is -4.52. The number of halogens is 5. The van der Waals surface area contributed by atoms with Crippen molar-refractivity contribution in [2.45, 2.75) is 55.7 Å². The van der Waals surface area contributed by atoms with Crippen LogP contribution in [0.5, 0.6) is 0 Å². The number of carbonyl (C=O) groups excluding carboxylic acids is 1. The van der Waals surface area contributed by atoms with E-state index >= 15 is 9.18 Å². The van der Waals surface area contributed by atoms with E-state index in [2.05, 4.69) is 4.74 Å². The van der Waals surface area contributed by atoms with Crippen molar-refractivity contribution in [3.63, 3.8) is 0 Å². The van der Waals surface area contributed by atoms with Gasteiger partial charge in [-0.25, -0.2) is 8.78 Å². The van der Waals surface area contributed by atoms with E-state index in [0.717, 1.165) is 0 Å². The van der Waals surface area contributed by atoms with Crippen molar-refractivity contribution >= 4 is 28.6 Å².